The molecule has 1 atom stereocenters. The van der Waals surface area contributed by atoms with Gasteiger partial charge in [0.15, 0.2) is 5.54 Å². The number of nitrogens with zero attached hydrogens (tertiary/aromatic N) is 1. The van der Waals surface area contributed by atoms with Crippen LogP contribution < -0.4 is 0 Å². The average Bonchev–Trinajstić information content (AvgIpc) is 2.76. The molecule has 2 aromatic rings. The van der Waals surface area contributed by atoms with Crippen molar-refractivity contribution in [2.24, 2.45) is 0 Å². The first kappa shape index (κ1) is 19.4. The standard InChI is InChI=1S/C27H36N/c1-5-9-13-20-14-12-17-23-21(20)18-19-28-26(23)24-16-11-10-15-22(24)25(6-2)27(28,7-3)8-4/h10-12,14-17,25H,5-9,13,18-19H2,1-4H3/q+1. The van der Waals surface area contributed by atoms with Crippen LogP contribution in [0.5, 0.6) is 0 Å². The topological polar surface area (TPSA) is 3.01 Å². The van der Waals surface area contributed by atoms with Crippen LogP contribution in [0.3, 0.4) is 0 Å². The number of hydrogen-bond donors (Lipinski definition) is 0. The van der Waals surface area contributed by atoms with Crippen molar-refractivity contribution in [2.45, 2.75) is 84.1 Å². The van der Waals surface area contributed by atoms with E-state index in [1.54, 1.807) is 16.7 Å². The highest BCUT2D eigenvalue weighted by Gasteiger charge is 2.52. The van der Waals surface area contributed by atoms with Crippen LogP contribution >= 0.6 is 0 Å². The lowest BCUT2D eigenvalue weighted by Gasteiger charge is -2.43. The van der Waals surface area contributed by atoms with Crippen molar-refractivity contribution in [3.63, 3.8) is 0 Å². The third kappa shape index (κ3) is 2.78. The van der Waals surface area contributed by atoms with Gasteiger partial charge in [0.1, 0.15) is 6.54 Å². The van der Waals surface area contributed by atoms with Crippen molar-refractivity contribution in [2.75, 3.05) is 6.54 Å². The van der Waals surface area contributed by atoms with E-state index in [4.69, 9.17) is 0 Å². The molecule has 0 aromatic heterocycles. The quantitative estimate of drug-likeness (QED) is 0.508. The maximum absolute atomic E-state index is 2.83. The zero-order valence-corrected chi connectivity index (χ0v) is 18.2. The summed E-state index contributed by atoms with van der Waals surface area (Å²) in [6, 6.07) is 16.3. The first-order valence-corrected chi connectivity index (χ1v) is 11.6. The predicted molar refractivity (Wildman–Crippen MR) is 120 cm³/mol. The van der Waals surface area contributed by atoms with Crippen molar-refractivity contribution < 1.29 is 4.58 Å². The van der Waals surface area contributed by atoms with Crippen molar-refractivity contribution in [3.05, 3.63) is 70.3 Å². The average molecular weight is 375 g/mol. The minimum Gasteiger partial charge on any atom is -0.223 e. The van der Waals surface area contributed by atoms with Gasteiger partial charge in [-0.05, 0) is 48.1 Å². The lowest BCUT2D eigenvalue weighted by atomic mass is 9.67. The van der Waals surface area contributed by atoms with Gasteiger partial charge in [-0.2, -0.15) is 0 Å². The van der Waals surface area contributed by atoms with E-state index < -0.39 is 0 Å². The van der Waals surface area contributed by atoms with E-state index in [2.05, 4.69) is 74.7 Å². The van der Waals surface area contributed by atoms with E-state index in [9.17, 15) is 0 Å². The number of benzene rings is 2. The Kier molecular flexibility index (Phi) is 5.45. The molecule has 28 heavy (non-hydrogen) atoms. The molecule has 4 rings (SSSR count). The first-order valence-electron chi connectivity index (χ1n) is 11.6. The fourth-order valence-electron chi connectivity index (χ4n) is 6.19. The molecule has 2 heterocycles. The Morgan fingerprint density at radius 2 is 1.68 bits per heavy atom. The highest BCUT2D eigenvalue weighted by Crippen LogP contribution is 2.46. The van der Waals surface area contributed by atoms with Crippen LogP contribution in [0.2, 0.25) is 0 Å². The summed E-state index contributed by atoms with van der Waals surface area (Å²) < 4.78 is 2.83. The van der Waals surface area contributed by atoms with Gasteiger partial charge in [-0.15, -0.1) is 0 Å². The van der Waals surface area contributed by atoms with Gasteiger partial charge in [0.25, 0.3) is 0 Å². The van der Waals surface area contributed by atoms with Crippen molar-refractivity contribution in [1.29, 1.82) is 0 Å². The van der Waals surface area contributed by atoms with Crippen LogP contribution in [0, 0.1) is 0 Å². The van der Waals surface area contributed by atoms with Gasteiger partial charge < -0.3 is 0 Å². The molecule has 2 aromatic carbocycles. The molecule has 148 valence electrons. The molecule has 0 amide bonds. The third-order valence-electron chi connectivity index (χ3n) is 7.59. The molecule has 0 N–H and O–H groups in total. The molecule has 0 radical (unpaired) electrons. The second-order valence-corrected chi connectivity index (χ2v) is 8.66. The van der Waals surface area contributed by atoms with Gasteiger partial charge in [-0.25, -0.2) is 4.58 Å². The zero-order valence-electron chi connectivity index (χ0n) is 18.2. The molecule has 0 aliphatic carbocycles. The number of hydrogen-bond acceptors (Lipinski definition) is 0. The summed E-state index contributed by atoms with van der Waals surface area (Å²) in [5.41, 5.74) is 9.53. The van der Waals surface area contributed by atoms with Crippen LogP contribution in [0.1, 0.15) is 93.5 Å². The van der Waals surface area contributed by atoms with Crippen LogP contribution in [-0.2, 0) is 12.8 Å². The normalized spacial score (nSPS) is 19.8. The monoisotopic (exact) mass is 374 g/mol. The maximum Gasteiger partial charge on any atom is 0.215 e. The van der Waals surface area contributed by atoms with Crippen LogP contribution in [0.4, 0.5) is 0 Å². The third-order valence-corrected chi connectivity index (χ3v) is 7.59. The second-order valence-electron chi connectivity index (χ2n) is 8.66. The Balaban J connectivity index is 1.99. The van der Waals surface area contributed by atoms with E-state index in [0.29, 0.717) is 5.92 Å². The molecule has 0 bridgehead atoms. The highest BCUT2D eigenvalue weighted by molar-refractivity contribution is 6.12. The Morgan fingerprint density at radius 3 is 2.39 bits per heavy atom. The zero-order chi connectivity index (χ0) is 19.7. The van der Waals surface area contributed by atoms with E-state index in [1.165, 1.54) is 61.8 Å². The molecule has 0 saturated carbocycles. The molecule has 0 spiro atoms. The SMILES string of the molecule is CCCCc1cccc2c1CC[N+]1=C2c2ccccc2C(CC)C1(CC)CC. The molecule has 1 unspecified atom stereocenters. The van der Waals surface area contributed by atoms with Gasteiger partial charge in [0, 0.05) is 25.2 Å². The molecular weight excluding hydrogens is 338 g/mol. The summed E-state index contributed by atoms with van der Waals surface area (Å²) in [6.07, 6.45) is 8.61. The van der Waals surface area contributed by atoms with Crippen molar-refractivity contribution >= 4 is 5.71 Å². The Hall–Kier alpha value is -1.89. The van der Waals surface area contributed by atoms with Crippen molar-refractivity contribution in [1.82, 2.24) is 0 Å². The van der Waals surface area contributed by atoms with E-state index in [-0.39, 0.29) is 5.54 Å². The lowest BCUT2D eigenvalue weighted by molar-refractivity contribution is -0.617. The van der Waals surface area contributed by atoms with E-state index in [0.717, 1.165) is 6.54 Å². The van der Waals surface area contributed by atoms with Crippen molar-refractivity contribution in [3.8, 4) is 0 Å². The predicted octanol–water partition coefficient (Wildman–Crippen LogP) is 6.50. The minimum absolute atomic E-state index is 0.246. The van der Waals surface area contributed by atoms with Gasteiger partial charge >= 0.3 is 0 Å². The van der Waals surface area contributed by atoms with Crippen LogP contribution in [-0.4, -0.2) is 22.4 Å². The second kappa shape index (κ2) is 7.85. The number of aryl methyl sites for hydroxylation is 1. The Morgan fingerprint density at radius 1 is 0.929 bits per heavy atom. The minimum atomic E-state index is 0.246. The van der Waals surface area contributed by atoms with E-state index >= 15 is 0 Å². The molecular formula is C27H36N+. The molecule has 0 fully saturated rings. The summed E-state index contributed by atoms with van der Waals surface area (Å²) in [5, 5.41) is 0. The summed E-state index contributed by atoms with van der Waals surface area (Å²) in [6.45, 7) is 10.7. The van der Waals surface area contributed by atoms with Gasteiger partial charge in [-0.3, -0.25) is 0 Å². The number of rotatable bonds is 6. The summed E-state index contributed by atoms with van der Waals surface area (Å²) in [5.74, 6) is 0.618. The Bertz CT molecular complexity index is 885. The molecule has 0 saturated heterocycles. The molecule has 2 aliphatic heterocycles. The summed E-state index contributed by atoms with van der Waals surface area (Å²) >= 11 is 0. The molecule has 1 nitrogen and oxygen atoms in total. The largest absolute Gasteiger partial charge is 0.223 e. The van der Waals surface area contributed by atoms with E-state index in [1.807, 2.05) is 0 Å². The van der Waals surface area contributed by atoms with Crippen LogP contribution in [0.15, 0.2) is 42.5 Å². The highest BCUT2D eigenvalue weighted by atomic mass is 15.1. The lowest BCUT2D eigenvalue weighted by Crippen LogP contribution is -2.54. The fraction of sp³-hybridized carbons (Fsp3) is 0.519. The smallest absolute Gasteiger partial charge is 0.215 e. The van der Waals surface area contributed by atoms with Gasteiger partial charge in [-0.1, -0.05) is 64.4 Å². The first-order chi connectivity index (χ1) is 13.7. The number of unbranched alkanes of at least 4 members (excludes halogenated alkanes) is 1. The number of fused-ring (bicyclic) bond motifs is 4. The molecule has 2 aliphatic rings. The fourth-order valence-corrected chi connectivity index (χ4v) is 6.19. The summed E-state index contributed by atoms with van der Waals surface area (Å²) in [4.78, 5) is 0. The Labute approximate surface area is 171 Å². The van der Waals surface area contributed by atoms with Crippen LogP contribution in [0.25, 0.3) is 0 Å². The maximum atomic E-state index is 2.83. The van der Waals surface area contributed by atoms with Gasteiger partial charge in [0.2, 0.25) is 5.71 Å². The summed E-state index contributed by atoms with van der Waals surface area (Å²) in [7, 11) is 0. The van der Waals surface area contributed by atoms with Gasteiger partial charge in [0.05, 0.1) is 11.1 Å². The molecule has 1 heteroatoms.